The second-order valence-electron chi connectivity index (χ2n) is 2.55. The summed E-state index contributed by atoms with van der Waals surface area (Å²) >= 11 is 0. The van der Waals surface area contributed by atoms with Gasteiger partial charge in [-0.2, -0.15) is 0 Å². The zero-order chi connectivity index (χ0) is 8.43. The first-order valence-corrected chi connectivity index (χ1v) is 3.62. The number of carbonyl (C=O) groups is 2. The van der Waals surface area contributed by atoms with Crippen LogP contribution in [0, 0.1) is 0 Å². The van der Waals surface area contributed by atoms with Gasteiger partial charge in [-0.25, -0.2) is 0 Å². The highest BCUT2D eigenvalue weighted by molar-refractivity contribution is 5.90. The zero-order valence-electron chi connectivity index (χ0n) is 6.59. The second kappa shape index (κ2) is 2.90. The van der Waals surface area contributed by atoms with E-state index < -0.39 is 12.1 Å². The van der Waals surface area contributed by atoms with Crippen molar-refractivity contribution in [3.63, 3.8) is 0 Å². The van der Waals surface area contributed by atoms with Crippen LogP contribution in [0.2, 0.25) is 0 Å². The highest BCUT2D eigenvalue weighted by atomic mass is 16.6. The number of rotatable bonds is 2. The summed E-state index contributed by atoms with van der Waals surface area (Å²) in [5, 5.41) is 2.63. The van der Waals surface area contributed by atoms with Crippen LogP contribution in [0.4, 0.5) is 0 Å². The molecule has 0 aliphatic carbocycles. The first-order valence-electron chi connectivity index (χ1n) is 3.62. The van der Waals surface area contributed by atoms with E-state index in [2.05, 4.69) is 5.32 Å². The Morgan fingerprint density at radius 2 is 2.36 bits per heavy atom. The average Bonchev–Trinajstić information content (AvgIpc) is 1.95. The van der Waals surface area contributed by atoms with Crippen molar-refractivity contribution in [2.24, 2.45) is 0 Å². The van der Waals surface area contributed by atoms with Crippen LogP contribution in [0.15, 0.2) is 0 Å². The van der Waals surface area contributed by atoms with Gasteiger partial charge in [0, 0.05) is 6.92 Å². The lowest BCUT2D eigenvalue weighted by molar-refractivity contribution is -0.164. The van der Waals surface area contributed by atoms with Gasteiger partial charge in [-0.3, -0.25) is 9.59 Å². The van der Waals surface area contributed by atoms with Crippen molar-refractivity contribution in [3.8, 4) is 0 Å². The average molecular weight is 157 g/mol. The summed E-state index contributed by atoms with van der Waals surface area (Å²) in [5.41, 5.74) is 0. The minimum atomic E-state index is -0.544. The molecule has 0 aromatic heterocycles. The third-order valence-corrected chi connectivity index (χ3v) is 1.68. The van der Waals surface area contributed by atoms with Crippen molar-refractivity contribution < 1.29 is 14.3 Å². The maximum absolute atomic E-state index is 10.7. The Morgan fingerprint density at radius 1 is 1.73 bits per heavy atom. The van der Waals surface area contributed by atoms with Crippen LogP contribution in [-0.4, -0.2) is 24.0 Å². The van der Waals surface area contributed by atoms with Gasteiger partial charge in [0.15, 0.2) is 6.10 Å². The Balaban J connectivity index is 2.42. The lowest BCUT2D eigenvalue weighted by Gasteiger charge is -2.34. The molecule has 0 bridgehead atoms. The van der Waals surface area contributed by atoms with E-state index in [1.165, 1.54) is 6.92 Å². The fraction of sp³-hybridized carbons (Fsp3) is 0.714. The van der Waals surface area contributed by atoms with Crippen molar-refractivity contribution in [3.05, 3.63) is 0 Å². The third kappa shape index (κ3) is 1.50. The summed E-state index contributed by atoms with van der Waals surface area (Å²) in [4.78, 5) is 21.2. The van der Waals surface area contributed by atoms with Crippen LogP contribution in [0.5, 0.6) is 0 Å². The molecule has 1 saturated heterocycles. The number of nitrogens with one attached hydrogen (secondary N) is 1. The Labute approximate surface area is 64.9 Å². The maximum atomic E-state index is 10.7. The van der Waals surface area contributed by atoms with Crippen LogP contribution in [0.3, 0.4) is 0 Å². The smallest absolute Gasteiger partial charge is 0.303 e. The van der Waals surface area contributed by atoms with Gasteiger partial charge in [-0.15, -0.1) is 0 Å². The lowest BCUT2D eigenvalue weighted by Crippen LogP contribution is -2.63. The number of amides is 1. The molecule has 0 aromatic carbocycles. The molecule has 1 amide bonds. The van der Waals surface area contributed by atoms with Crippen LogP contribution in [0.25, 0.3) is 0 Å². The molecule has 1 aliphatic heterocycles. The SMILES string of the molecule is CCC1NC(=O)C1OC(C)=O. The molecule has 0 radical (unpaired) electrons. The van der Waals surface area contributed by atoms with E-state index in [4.69, 9.17) is 4.74 Å². The first kappa shape index (κ1) is 8.04. The molecule has 0 saturated carbocycles. The minimum Gasteiger partial charge on any atom is -0.450 e. The van der Waals surface area contributed by atoms with E-state index >= 15 is 0 Å². The molecule has 1 fully saturated rings. The van der Waals surface area contributed by atoms with Crippen molar-refractivity contribution >= 4 is 11.9 Å². The minimum absolute atomic E-state index is 0.0198. The molecule has 1 rings (SSSR count). The predicted octanol–water partition coefficient (Wildman–Crippen LogP) is -0.174. The van der Waals surface area contributed by atoms with E-state index in [0.717, 1.165) is 6.42 Å². The standard InChI is InChI=1S/C7H11NO3/c1-3-5-6(7(10)8-5)11-4(2)9/h5-6H,3H2,1-2H3,(H,8,10). The molecule has 11 heavy (non-hydrogen) atoms. The van der Waals surface area contributed by atoms with Gasteiger partial charge in [-0.1, -0.05) is 6.92 Å². The zero-order valence-corrected chi connectivity index (χ0v) is 6.59. The monoisotopic (exact) mass is 157 g/mol. The molecule has 1 heterocycles. The summed E-state index contributed by atoms with van der Waals surface area (Å²) in [5.74, 6) is -0.588. The highest BCUT2D eigenvalue weighted by Gasteiger charge is 2.40. The Bertz CT molecular complexity index is 190. The number of hydrogen-bond acceptors (Lipinski definition) is 3. The summed E-state index contributed by atoms with van der Waals surface area (Å²) in [6.45, 7) is 3.24. The fourth-order valence-electron chi connectivity index (χ4n) is 1.06. The molecular weight excluding hydrogens is 146 g/mol. The summed E-state index contributed by atoms with van der Waals surface area (Å²) in [7, 11) is 0. The molecule has 2 atom stereocenters. The molecule has 4 nitrogen and oxygen atoms in total. The van der Waals surface area contributed by atoms with Crippen LogP contribution >= 0.6 is 0 Å². The van der Waals surface area contributed by atoms with E-state index in [9.17, 15) is 9.59 Å². The van der Waals surface area contributed by atoms with Gasteiger partial charge in [0.2, 0.25) is 0 Å². The molecule has 1 N–H and O–H groups in total. The number of ether oxygens (including phenoxy) is 1. The summed E-state index contributed by atoms with van der Waals surface area (Å²) in [6.07, 6.45) is 0.251. The maximum Gasteiger partial charge on any atom is 0.303 e. The van der Waals surface area contributed by atoms with Crippen molar-refractivity contribution in [2.75, 3.05) is 0 Å². The lowest BCUT2D eigenvalue weighted by atomic mass is 10.00. The number of esters is 1. The summed E-state index contributed by atoms with van der Waals surface area (Å²) in [6, 6.07) is 0.0198. The Morgan fingerprint density at radius 3 is 2.73 bits per heavy atom. The van der Waals surface area contributed by atoms with Crippen molar-refractivity contribution in [2.45, 2.75) is 32.4 Å². The molecule has 0 aromatic rings. The summed E-state index contributed by atoms with van der Waals surface area (Å²) < 4.78 is 4.75. The number of carbonyl (C=O) groups excluding carboxylic acids is 2. The Hall–Kier alpha value is -1.06. The third-order valence-electron chi connectivity index (χ3n) is 1.68. The van der Waals surface area contributed by atoms with Crippen LogP contribution in [-0.2, 0) is 14.3 Å². The van der Waals surface area contributed by atoms with E-state index in [0.29, 0.717) is 0 Å². The van der Waals surface area contributed by atoms with Crippen LogP contribution < -0.4 is 5.32 Å². The van der Waals surface area contributed by atoms with Crippen molar-refractivity contribution in [1.82, 2.24) is 5.32 Å². The molecule has 4 heteroatoms. The van der Waals surface area contributed by atoms with Crippen LogP contribution in [0.1, 0.15) is 20.3 Å². The van der Waals surface area contributed by atoms with E-state index in [1.807, 2.05) is 6.92 Å². The predicted molar refractivity (Wildman–Crippen MR) is 37.8 cm³/mol. The molecule has 0 spiro atoms. The highest BCUT2D eigenvalue weighted by Crippen LogP contribution is 2.13. The number of β-lactam (4-membered cyclic amide) rings is 1. The Kier molecular flexibility index (Phi) is 2.12. The van der Waals surface area contributed by atoms with Gasteiger partial charge in [0.05, 0.1) is 6.04 Å². The molecular formula is C7H11NO3. The van der Waals surface area contributed by atoms with Crippen molar-refractivity contribution in [1.29, 1.82) is 0 Å². The van der Waals surface area contributed by atoms with E-state index in [1.54, 1.807) is 0 Å². The van der Waals surface area contributed by atoms with Gasteiger partial charge < -0.3 is 10.1 Å². The molecule has 2 unspecified atom stereocenters. The quantitative estimate of drug-likeness (QED) is 0.447. The first-order chi connectivity index (χ1) is 5.15. The van der Waals surface area contributed by atoms with Gasteiger partial charge in [-0.05, 0) is 6.42 Å². The normalized spacial score (nSPS) is 28.7. The topological polar surface area (TPSA) is 55.4 Å². The van der Waals surface area contributed by atoms with Gasteiger partial charge >= 0.3 is 5.97 Å². The molecule has 1 aliphatic rings. The number of hydrogen-bond donors (Lipinski definition) is 1. The second-order valence-corrected chi connectivity index (χ2v) is 2.55. The molecule has 62 valence electrons. The largest absolute Gasteiger partial charge is 0.450 e. The van der Waals surface area contributed by atoms with Gasteiger partial charge in [0.1, 0.15) is 0 Å². The van der Waals surface area contributed by atoms with E-state index in [-0.39, 0.29) is 11.9 Å². The van der Waals surface area contributed by atoms with Gasteiger partial charge in [0.25, 0.3) is 5.91 Å². The fourth-order valence-corrected chi connectivity index (χ4v) is 1.06.